The monoisotopic (exact) mass is 387 g/mol. The van der Waals surface area contributed by atoms with Gasteiger partial charge in [-0.15, -0.1) is 0 Å². The van der Waals surface area contributed by atoms with Crippen molar-refractivity contribution in [2.24, 2.45) is 7.05 Å². The van der Waals surface area contributed by atoms with E-state index in [9.17, 15) is 18.0 Å². The molecule has 0 saturated heterocycles. The Kier molecular flexibility index (Phi) is 4.14. The summed E-state index contributed by atoms with van der Waals surface area (Å²) in [6, 6.07) is 10.7. The molecule has 0 spiro atoms. The Bertz CT molecular complexity index is 1260. The van der Waals surface area contributed by atoms with Gasteiger partial charge in [-0.2, -0.15) is 18.3 Å². The second-order valence-corrected chi connectivity index (χ2v) is 6.51. The number of benzene rings is 2. The van der Waals surface area contributed by atoms with E-state index in [1.165, 1.54) is 16.9 Å². The van der Waals surface area contributed by atoms with E-state index in [0.29, 0.717) is 27.6 Å². The van der Waals surface area contributed by atoms with E-state index in [1.807, 2.05) is 12.1 Å². The van der Waals surface area contributed by atoms with E-state index in [1.54, 1.807) is 30.9 Å². The molecule has 4 rings (SSSR count). The minimum absolute atomic E-state index is 0.224. The fourth-order valence-corrected chi connectivity index (χ4v) is 3.40. The van der Waals surface area contributed by atoms with E-state index in [-0.39, 0.29) is 12.1 Å². The van der Waals surface area contributed by atoms with Crippen molar-refractivity contribution in [2.75, 3.05) is 7.11 Å². The lowest BCUT2D eigenvalue weighted by Crippen LogP contribution is -2.24. The van der Waals surface area contributed by atoms with Crippen molar-refractivity contribution >= 4 is 21.8 Å². The Morgan fingerprint density at radius 1 is 1.11 bits per heavy atom. The van der Waals surface area contributed by atoms with Crippen LogP contribution in [0, 0.1) is 0 Å². The number of hydrogen-bond acceptors (Lipinski definition) is 3. The molecule has 0 fully saturated rings. The van der Waals surface area contributed by atoms with E-state index in [0.717, 1.165) is 17.7 Å². The molecule has 0 aliphatic carbocycles. The van der Waals surface area contributed by atoms with Gasteiger partial charge in [-0.1, -0.05) is 12.1 Å². The van der Waals surface area contributed by atoms with Crippen LogP contribution in [0.4, 0.5) is 13.2 Å². The standard InChI is InChI=1S/C20H16F3N3O2/c1-25-17-7-6-13(20(21,22)23)9-15(17)16-10-24-26(19(27)18(16)25)11-12-4-3-5-14(8-12)28-2/h3-10H,11H2,1-2H3. The summed E-state index contributed by atoms with van der Waals surface area (Å²) in [6.45, 7) is 0.224. The predicted octanol–water partition coefficient (Wildman–Crippen LogP) is 3.96. The average Bonchev–Trinajstić information content (AvgIpc) is 2.96. The number of rotatable bonds is 3. The number of methoxy groups -OCH3 is 1. The van der Waals surface area contributed by atoms with Gasteiger partial charge in [-0.3, -0.25) is 4.79 Å². The van der Waals surface area contributed by atoms with Gasteiger partial charge in [0.05, 0.1) is 25.4 Å². The molecule has 144 valence electrons. The van der Waals surface area contributed by atoms with Gasteiger partial charge in [-0.05, 0) is 35.9 Å². The molecule has 0 amide bonds. The highest BCUT2D eigenvalue weighted by Crippen LogP contribution is 2.34. The van der Waals surface area contributed by atoms with Crippen molar-refractivity contribution in [2.45, 2.75) is 12.7 Å². The number of aromatic nitrogens is 3. The van der Waals surface area contributed by atoms with Crippen LogP contribution in [0.1, 0.15) is 11.1 Å². The van der Waals surface area contributed by atoms with Crippen LogP contribution < -0.4 is 10.3 Å². The first kappa shape index (κ1) is 18.1. The summed E-state index contributed by atoms with van der Waals surface area (Å²) in [5.41, 5.74) is 0.556. The molecule has 0 atom stereocenters. The van der Waals surface area contributed by atoms with Gasteiger partial charge >= 0.3 is 6.18 Å². The molecule has 0 radical (unpaired) electrons. The lowest BCUT2D eigenvalue weighted by molar-refractivity contribution is -0.137. The zero-order chi connectivity index (χ0) is 20.1. The maximum Gasteiger partial charge on any atom is 0.416 e. The Hall–Kier alpha value is -3.29. The maximum atomic E-state index is 13.1. The Morgan fingerprint density at radius 2 is 1.89 bits per heavy atom. The summed E-state index contributed by atoms with van der Waals surface area (Å²) in [6.07, 6.45) is -3.01. The summed E-state index contributed by atoms with van der Waals surface area (Å²) in [5.74, 6) is 0.663. The Morgan fingerprint density at radius 3 is 2.61 bits per heavy atom. The van der Waals surface area contributed by atoms with Crippen LogP contribution >= 0.6 is 0 Å². The zero-order valence-electron chi connectivity index (χ0n) is 15.1. The third-order valence-electron chi connectivity index (χ3n) is 4.80. The van der Waals surface area contributed by atoms with Crippen molar-refractivity contribution < 1.29 is 17.9 Å². The Balaban J connectivity index is 1.88. The molecule has 0 unspecified atom stereocenters. The first-order valence-corrected chi connectivity index (χ1v) is 8.48. The predicted molar refractivity (Wildman–Crippen MR) is 99.6 cm³/mol. The van der Waals surface area contributed by atoms with Crippen molar-refractivity contribution in [1.82, 2.24) is 14.3 Å². The molecule has 0 aliphatic rings. The molecule has 2 aromatic carbocycles. The van der Waals surface area contributed by atoms with Gasteiger partial charge in [0.2, 0.25) is 0 Å². The lowest BCUT2D eigenvalue weighted by Gasteiger charge is -2.07. The maximum absolute atomic E-state index is 13.1. The highest BCUT2D eigenvalue weighted by Gasteiger charge is 2.31. The second kappa shape index (κ2) is 6.40. The van der Waals surface area contributed by atoms with Crippen LogP contribution in [-0.4, -0.2) is 21.5 Å². The van der Waals surface area contributed by atoms with E-state index < -0.39 is 11.7 Å². The molecule has 2 heterocycles. The van der Waals surface area contributed by atoms with Crippen molar-refractivity contribution in [3.8, 4) is 5.75 Å². The molecule has 5 nitrogen and oxygen atoms in total. The number of halogens is 3. The summed E-state index contributed by atoms with van der Waals surface area (Å²) >= 11 is 0. The fraction of sp³-hybridized carbons (Fsp3) is 0.200. The van der Waals surface area contributed by atoms with E-state index in [4.69, 9.17) is 4.74 Å². The summed E-state index contributed by atoms with van der Waals surface area (Å²) in [4.78, 5) is 13.0. The normalized spacial score (nSPS) is 12.0. The first-order chi connectivity index (χ1) is 13.3. The fourth-order valence-electron chi connectivity index (χ4n) is 3.40. The van der Waals surface area contributed by atoms with Crippen LogP contribution in [0.5, 0.6) is 5.75 Å². The number of aryl methyl sites for hydroxylation is 1. The minimum Gasteiger partial charge on any atom is -0.497 e. The molecule has 2 aromatic heterocycles. The highest BCUT2D eigenvalue weighted by atomic mass is 19.4. The molecule has 8 heteroatoms. The molecule has 0 bridgehead atoms. The Labute approximate surface area is 157 Å². The largest absolute Gasteiger partial charge is 0.497 e. The summed E-state index contributed by atoms with van der Waals surface area (Å²) in [5, 5.41) is 4.93. The number of ether oxygens (including phenoxy) is 1. The lowest BCUT2D eigenvalue weighted by atomic mass is 10.1. The minimum atomic E-state index is -4.45. The average molecular weight is 387 g/mol. The van der Waals surface area contributed by atoms with Crippen LogP contribution in [0.3, 0.4) is 0 Å². The number of fused-ring (bicyclic) bond motifs is 3. The molecular weight excluding hydrogens is 371 g/mol. The molecule has 28 heavy (non-hydrogen) atoms. The third kappa shape index (κ3) is 2.90. The first-order valence-electron chi connectivity index (χ1n) is 8.48. The van der Waals surface area contributed by atoms with Gasteiger partial charge in [0.1, 0.15) is 11.3 Å². The molecular formula is C20H16F3N3O2. The molecule has 0 N–H and O–H groups in total. The van der Waals surface area contributed by atoms with Crippen LogP contribution in [-0.2, 0) is 19.8 Å². The van der Waals surface area contributed by atoms with Gasteiger partial charge in [0.25, 0.3) is 5.56 Å². The van der Waals surface area contributed by atoms with Gasteiger partial charge in [0.15, 0.2) is 0 Å². The van der Waals surface area contributed by atoms with Crippen molar-refractivity contribution in [3.63, 3.8) is 0 Å². The molecule has 4 aromatic rings. The molecule has 0 aliphatic heterocycles. The van der Waals surface area contributed by atoms with E-state index in [2.05, 4.69) is 5.10 Å². The number of hydrogen-bond donors (Lipinski definition) is 0. The van der Waals surface area contributed by atoms with E-state index >= 15 is 0 Å². The van der Waals surface area contributed by atoms with Gasteiger partial charge in [0, 0.05) is 23.3 Å². The second-order valence-electron chi connectivity index (χ2n) is 6.51. The van der Waals surface area contributed by atoms with Gasteiger partial charge in [-0.25, -0.2) is 4.68 Å². The number of nitrogens with zero attached hydrogens (tertiary/aromatic N) is 3. The van der Waals surface area contributed by atoms with Crippen LogP contribution in [0.2, 0.25) is 0 Å². The SMILES string of the molecule is COc1cccc(Cn2ncc3c4cc(C(F)(F)F)ccc4n(C)c3c2=O)c1. The van der Waals surface area contributed by atoms with Crippen LogP contribution in [0.25, 0.3) is 21.8 Å². The summed E-state index contributed by atoms with van der Waals surface area (Å²) < 4.78 is 47.3. The molecule has 0 saturated carbocycles. The highest BCUT2D eigenvalue weighted by molar-refractivity contribution is 6.07. The smallest absolute Gasteiger partial charge is 0.416 e. The van der Waals surface area contributed by atoms with Crippen molar-refractivity contribution in [3.05, 3.63) is 70.1 Å². The zero-order valence-corrected chi connectivity index (χ0v) is 15.1. The van der Waals surface area contributed by atoms with Crippen molar-refractivity contribution in [1.29, 1.82) is 0 Å². The summed E-state index contributed by atoms with van der Waals surface area (Å²) in [7, 11) is 3.22. The number of alkyl halides is 3. The third-order valence-corrected chi connectivity index (χ3v) is 4.80. The van der Waals surface area contributed by atoms with Crippen LogP contribution in [0.15, 0.2) is 53.5 Å². The quantitative estimate of drug-likeness (QED) is 0.535. The topological polar surface area (TPSA) is 49.0 Å². The van der Waals surface area contributed by atoms with Gasteiger partial charge < -0.3 is 9.30 Å².